The van der Waals surface area contributed by atoms with Crippen LogP contribution in [0.25, 0.3) is 4.83 Å². The number of sulfonamides is 1. The maximum Gasteiger partial charge on any atom is 0.460 e. The lowest BCUT2D eigenvalue weighted by atomic mass is 10.1. The van der Waals surface area contributed by atoms with Gasteiger partial charge in [-0.3, -0.25) is 0 Å². The number of ether oxygens (including phenoxy) is 1. The van der Waals surface area contributed by atoms with Crippen molar-refractivity contribution in [2.45, 2.75) is 23.3 Å². The van der Waals surface area contributed by atoms with E-state index < -0.39 is 39.2 Å². The second-order valence-corrected chi connectivity index (χ2v) is 5.81. The van der Waals surface area contributed by atoms with Gasteiger partial charge in [-0.25, -0.2) is 13.4 Å². The minimum absolute atomic E-state index is 0.127. The molecule has 1 aromatic rings. The molecular weight excluding hydrogens is 401 g/mol. The second-order valence-electron chi connectivity index (χ2n) is 4.18. The van der Waals surface area contributed by atoms with Gasteiger partial charge in [0.05, 0.1) is 13.3 Å². The van der Waals surface area contributed by atoms with Gasteiger partial charge in [0.1, 0.15) is 6.20 Å². The van der Waals surface area contributed by atoms with E-state index in [1.807, 2.05) is 0 Å². The Morgan fingerprint density at radius 1 is 1.04 bits per heavy atom. The second kappa shape index (κ2) is 6.06. The molecule has 0 fully saturated rings. The van der Waals surface area contributed by atoms with E-state index in [2.05, 4.69) is 14.6 Å². The molecule has 1 aromatic heterocycles. The molecular formula is C9H6F9N3O3S. The lowest BCUT2D eigenvalue weighted by Gasteiger charge is -2.34. The van der Waals surface area contributed by atoms with E-state index in [9.17, 15) is 47.9 Å². The van der Waals surface area contributed by atoms with Crippen LogP contribution in [0.2, 0.25) is 0 Å². The van der Waals surface area contributed by atoms with E-state index in [0.717, 1.165) is 7.11 Å². The molecule has 0 saturated heterocycles. The van der Waals surface area contributed by atoms with Crippen molar-refractivity contribution < 1.29 is 57.3 Å². The topological polar surface area (TPSA) is 74.2 Å². The molecule has 0 atom stereocenters. The van der Waals surface area contributed by atoms with Gasteiger partial charge < -0.3 is 9.57 Å². The fraction of sp³-hybridized carbons (Fsp3) is 0.556. The highest BCUT2D eigenvalue weighted by Gasteiger charge is 2.84. The Labute approximate surface area is 133 Å². The zero-order chi connectivity index (χ0) is 19.9. The molecule has 1 heterocycles. The lowest BCUT2D eigenvalue weighted by molar-refractivity contribution is -0.621. The Hall–Kier alpha value is -2.00. The summed E-state index contributed by atoms with van der Waals surface area (Å²) in [5.41, 5.74) is 0. The summed E-state index contributed by atoms with van der Waals surface area (Å²) in [6.07, 6.45) is -5.30. The van der Waals surface area contributed by atoms with E-state index in [1.54, 1.807) is 0 Å². The molecule has 0 spiro atoms. The van der Waals surface area contributed by atoms with Crippen LogP contribution in [0.1, 0.15) is 0 Å². The summed E-state index contributed by atoms with van der Waals surface area (Å²) in [7, 11) is -6.08. The van der Waals surface area contributed by atoms with Gasteiger partial charge in [-0.1, -0.05) is 0 Å². The maximum atomic E-state index is 13.4. The predicted molar refractivity (Wildman–Crippen MR) is 59.6 cm³/mol. The van der Waals surface area contributed by atoms with E-state index in [1.165, 1.54) is 0 Å². The van der Waals surface area contributed by atoms with Crippen molar-refractivity contribution in [2.24, 2.45) is 0 Å². The van der Waals surface area contributed by atoms with Crippen molar-refractivity contribution in [1.29, 1.82) is 0 Å². The smallest absolute Gasteiger partial charge is 0.447 e. The van der Waals surface area contributed by atoms with Gasteiger partial charge in [-0.2, -0.15) is 44.2 Å². The first-order valence-corrected chi connectivity index (χ1v) is 7.04. The average molecular weight is 407 g/mol. The monoisotopic (exact) mass is 407 g/mol. The highest BCUT2D eigenvalue weighted by atomic mass is 32.2. The first-order chi connectivity index (χ1) is 11.0. The molecule has 0 amide bonds. The average Bonchev–Trinajstić information content (AvgIpc) is 2.45. The normalized spacial score (nSPS) is 14.3. The van der Waals surface area contributed by atoms with E-state index in [-0.39, 0.29) is 4.68 Å². The fourth-order valence-corrected chi connectivity index (χ4v) is 2.17. The Bertz CT molecular complexity index is 735. The van der Waals surface area contributed by atoms with Crippen molar-refractivity contribution in [3.8, 4) is 5.88 Å². The molecule has 0 aliphatic heterocycles. The summed E-state index contributed by atoms with van der Waals surface area (Å²) in [4.78, 5) is 5.41. The Morgan fingerprint density at radius 2 is 1.56 bits per heavy atom. The largest absolute Gasteiger partial charge is 0.460 e. The summed E-state index contributed by atoms with van der Waals surface area (Å²) in [5.74, 6) is -15.5. The standard InChI is InChI=1S/C9H6F9N3O3S/c1-24-5-4-19-2-3-21(5)20-25(22,23)9(17,18)7(12,13)6(10,11)8(14,15)16/h2-4H,1H3. The van der Waals surface area contributed by atoms with Gasteiger partial charge in [0.2, 0.25) is 10.0 Å². The number of aromatic nitrogens is 2. The van der Waals surface area contributed by atoms with Crippen LogP contribution < -0.4 is 9.41 Å². The zero-order valence-electron chi connectivity index (χ0n) is 11.6. The first-order valence-electron chi connectivity index (χ1n) is 5.60. The summed E-state index contributed by atoms with van der Waals surface area (Å²) in [5, 5.41) is -6.92. The highest BCUT2D eigenvalue weighted by Crippen LogP contribution is 2.55. The molecule has 0 N–H and O–H groups in total. The molecule has 0 bridgehead atoms. The minimum atomic E-state index is -7.36. The molecule has 144 valence electrons. The number of hydrogen-bond acceptors (Lipinski definition) is 4. The fourth-order valence-electron chi connectivity index (χ4n) is 1.24. The van der Waals surface area contributed by atoms with Crippen LogP contribution in [0.3, 0.4) is 0 Å². The highest BCUT2D eigenvalue weighted by molar-refractivity contribution is 7.94. The predicted octanol–water partition coefficient (Wildman–Crippen LogP) is 2.27. The van der Waals surface area contributed by atoms with Crippen molar-refractivity contribution in [1.82, 2.24) is 4.98 Å². The molecule has 0 saturated carbocycles. The van der Waals surface area contributed by atoms with Crippen LogP contribution in [0.15, 0.2) is 18.6 Å². The van der Waals surface area contributed by atoms with Crippen LogP contribution in [0.4, 0.5) is 39.5 Å². The van der Waals surface area contributed by atoms with Crippen LogP contribution >= 0.6 is 0 Å². The van der Waals surface area contributed by atoms with E-state index >= 15 is 0 Å². The van der Waals surface area contributed by atoms with Gasteiger partial charge in [0, 0.05) is 0 Å². The summed E-state index contributed by atoms with van der Waals surface area (Å²) < 4.78 is 141. The van der Waals surface area contributed by atoms with Crippen molar-refractivity contribution in [2.75, 3.05) is 7.11 Å². The molecule has 6 nitrogen and oxygen atoms in total. The van der Waals surface area contributed by atoms with Crippen molar-refractivity contribution >= 4 is 10.0 Å². The molecule has 0 aromatic carbocycles. The quantitative estimate of drug-likeness (QED) is 0.536. The van der Waals surface area contributed by atoms with Gasteiger partial charge in [0.25, 0.3) is 0 Å². The molecule has 0 aliphatic carbocycles. The summed E-state index contributed by atoms with van der Waals surface area (Å²) >= 11 is 0. The number of hydrogen-bond donors (Lipinski definition) is 0. The minimum Gasteiger partial charge on any atom is -0.447 e. The van der Waals surface area contributed by atoms with Gasteiger partial charge in [0.15, 0.2) is 6.20 Å². The summed E-state index contributed by atoms with van der Waals surface area (Å²) in [6, 6.07) is 0. The molecule has 0 radical (unpaired) electrons. The Balaban J connectivity index is 3.40. The SMILES string of the molecule is COc1cncc[n+]1[N-]S(=O)(=O)C(F)(F)C(F)(F)C(F)(F)C(F)(F)F. The third-order valence-electron chi connectivity index (χ3n) is 2.55. The third kappa shape index (κ3) is 3.25. The summed E-state index contributed by atoms with van der Waals surface area (Å²) in [6.45, 7) is 0. The molecule has 0 aliphatic rings. The number of alkyl halides is 9. The van der Waals surface area contributed by atoms with Gasteiger partial charge >= 0.3 is 29.2 Å². The Kier molecular flexibility index (Phi) is 5.10. The molecule has 16 heteroatoms. The number of methoxy groups -OCH3 is 1. The molecule has 0 unspecified atom stereocenters. The Morgan fingerprint density at radius 3 is 2.00 bits per heavy atom. The van der Waals surface area contributed by atoms with E-state index in [4.69, 9.17) is 0 Å². The van der Waals surface area contributed by atoms with E-state index in [0.29, 0.717) is 18.6 Å². The van der Waals surface area contributed by atoms with Crippen LogP contribution in [-0.2, 0) is 10.0 Å². The van der Waals surface area contributed by atoms with Gasteiger partial charge in [-0.15, -0.1) is 0 Å². The van der Waals surface area contributed by atoms with Crippen LogP contribution in [-0.4, -0.2) is 43.8 Å². The molecule has 25 heavy (non-hydrogen) atoms. The number of nitrogens with zero attached hydrogens (tertiary/aromatic N) is 3. The van der Waals surface area contributed by atoms with Crippen molar-refractivity contribution in [3.63, 3.8) is 0 Å². The van der Waals surface area contributed by atoms with Crippen LogP contribution in [0, 0.1) is 0 Å². The number of rotatable bonds is 6. The zero-order valence-corrected chi connectivity index (χ0v) is 12.4. The maximum absolute atomic E-state index is 13.4. The molecule has 1 rings (SSSR count). The third-order valence-corrected chi connectivity index (χ3v) is 3.84. The van der Waals surface area contributed by atoms with Crippen LogP contribution in [0.5, 0.6) is 5.88 Å². The first kappa shape index (κ1) is 21.0. The van der Waals surface area contributed by atoms with Crippen molar-refractivity contribution in [3.05, 3.63) is 23.4 Å². The lowest BCUT2D eigenvalue weighted by Crippen LogP contribution is -2.63. The van der Waals surface area contributed by atoms with Gasteiger partial charge in [-0.05, 0) is 0 Å². The number of halogens is 9.